The van der Waals surface area contributed by atoms with E-state index in [0.29, 0.717) is 55.3 Å². The van der Waals surface area contributed by atoms with Crippen LogP contribution in [0.4, 0.5) is 4.39 Å². The molecule has 2 heterocycles. The molecule has 0 saturated carbocycles. The van der Waals surface area contributed by atoms with Gasteiger partial charge in [-0.05, 0) is 85.2 Å². The predicted molar refractivity (Wildman–Crippen MR) is 152 cm³/mol. The standard InChI is InChI=1S/C32H33FO7S/c1-18-11-23(38-15-20-9-10-41(36,37)17-20)12-19(2)31(18)25-5-7-27(33)32-26(25)6-8-28(32)40-22-3-4-24-21(13-30(34)35)16-39-29(24)14-22/h3-5,7,11-12,14,20-21,28H,6,8-10,13,15-17H2,1-2H3,(H,34,35)/t20-,21?,28-/m1/s1. The van der Waals surface area contributed by atoms with E-state index < -0.39 is 21.9 Å². The SMILES string of the molecule is Cc1cc(OC[C@H]2CCS(=O)(=O)C2)cc(C)c1-c1ccc(F)c2c1CC[C@H]2Oc1ccc2c(c1)OCC2CC(=O)O. The Morgan fingerprint density at radius 3 is 2.56 bits per heavy atom. The summed E-state index contributed by atoms with van der Waals surface area (Å²) < 4.78 is 56.9. The van der Waals surface area contributed by atoms with E-state index in [4.69, 9.17) is 19.3 Å². The van der Waals surface area contributed by atoms with Gasteiger partial charge in [0.25, 0.3) is 0 Å². The highest BCUT2D eigenvalue weighted by Gasteiger charge is 2.33. The summed E-state index contributed by atoms with van der Waals surface area (Å²) in [4.78, 5) is 11.2. The Morgan fingerprint density at radius 1 is 1.07 bits per heavy atom. The molecule has 3 atom stereocenters. The molecule has 0 bridgehead atoms. The molecule has 3 aliphatic rings. The van der Waals surface area contributed by atoms with Crippen LogP contribution in [0.25, 0.3) is 11.1 Å². The van der Waals surface area contributed by atoms with Crippen LogP contribution in [0, 0.1) is 25.6 Å². The van der Waals surface area contributed by atoms with E-state index in [1.165, 1.54) is 6.07 Å². The maximum atomic E-state index is 15.3. The van der Waals surface area contributed by atoms with Crippen molar-refractivity contribution in [3.8, 4) is 28.4 Å². The molecule has 3 aromatic rings. The van der Waals surface area contributed by atoms with Gasteiger partial charge in [0.2, 0.25) is 0 Å². The summed E-state index contributed by atoms with van der Waals surface area (Å²) >= 11 is 0. The smallest absolute Gasteiger partial charge is 0.304 e. The Labute approximate surface area is 239 Å². The lowest BCUT2D eigenvalue weighted by atomic mass is 9.90. The predicted octanol–water partition coefficient (Wildman–Crippen LogP) is 5.94. The van der Waals surface area contributed by atoms with Gasteiger partial charge < -0.3 is 19.3 Å². The number of hydrogen-bond donors (Lipinski definition) is 1. The molecule has 9 heteroatoms. The molecule has 0 radical (unpaired) electrons. The number of carboxylic acid groups (broad SMARTS) is 1. The van der Waals surface area contributed by atoms with Crippen LogP contribution < -0.4 is 14.2 Å². The Kier molecular flexibility index (Phi) is 7.18. The maximum Gasteiger partial charge on any atom is 0.304 e. The number of ether oxygens (including phenoxy) is 3. The van der Waals surface area contributed by atoms with E-state index in [-0.39, 0.29) is 35.6 Å². The molecule has 3 aromatic carbocycles. The fraction of sp³-hybridized carbons (Fsp3) is 0.406. The van der Waals surface area contributed by atoms with Crippen LogP contribution in [0.3, 0.4) is 0 Å². The van der Waals surface area contributed by atoms with Gasteiger partial charge in [-0.1, -0.05) is 12.1 Å². The summed E-state index contributed by atoms with van der Waals surface area (Å²) in [5.41, 5.74) is 6.37. The summed E-state index contributed by atoms with van der Waals surface area (Å²) in [6.45, 7) is 4.71. The number of halogens is 1. The van der Waals surface area contributed by atoms with E-state index in [1.807, 2.05) is 38.1 Å². The Hall–Kier alpha value is -3.59. The van der Waals surface area contributed by atoms with Crippen molar-refractivity contribution in [2.45, 2.75) is 51.6 Å². The van der Waals surface area contributed by atoms with Gasteiger partial charge in [-0.2, -0.15) is 0 Å². The number of carbonyl (C=O) groups is 1. The molecule has 1 fully saturated rings. The quantitative estimate of drug-likeness (QED) is 0.352. The molecule has 0 aromatic heterocycles. The minimum Gasteiger partial charge on any atom is -0.493 e. The third-order valence-corrected chi connectivity index (χ3v) is 10.3. The largest absolute Gasteiger partial charge is 0.493 e. The Balaban J connectivity index is 1.22. The summed E-state index contributed by atoms with van der Waals surface area (Å²) in [5.74, 6) is 0.950. The first-order chi connectivity index (χ1) is 19.6. The van der Waals surface area contributed by atoms with Crippen molar-refractivity contribution >= 4 is 15.8 Å². The summed E-state index contributed by atoms with van der Waals surface area (Å²) in [6, 6.07) is 12.7. The minimum atomic E-state index is -2.95. The Morgan fingerprint density at radius 2 is 1.85 bits per heavy atom. The van der Waals surface area contributed by atoms with Gasteiger partial charge in [0.15, 0.2) is 9.84 Å². The van der Waals surface area contributed by atoms with Crippen LogP contribution in [-0.2, 0) is 21.1 Å². The van der Waals surface area contributed by atoms with E-state index >= 15 is 4.39 Å². The second kappa shape index (κ2) is 10.7. The molecule has 1 aliphatic carbocycles. The van der Waals surface area contributed by atoms with E-state index in [2.05, 4.69) is 0 Å². The minimum absolute atomic E-state index is 0.00791. The Bertz CT molecular complexity index is 1610. The second-order valence-electron chi connectivity index (χ2n) is 11.4. The molecule has 0 amide bonds. The van der Waals surface area contributed by atoms with Crippen molar-refractivity contribution in [2.24, 2.45) is 5.92 Å². The van der Waals surface area contributed by atoms with Gasteiger partial charge in [-0.3, -0.25) is 4.79 Å². The van der Waals surface area contributed by atoms with Crippen molar-refractivity contribution in [3.63, 3.8) is 0 Å². The average molecular weight is 581 g/mol. The monoisotopic (exact) mass is 580 g/mol. The molecule has 41 heavy (non-hydrogen) atoms. The number of aryl methyl sites for hydroxylation is 2. The number of benzene rings is 3. The number of hydrogen-bond acceptors (Lipinski definition) is 6. The first kappa shape index (κ1) is 27.6. The highest BCUT2D eigenvalue weighted by atomic mass is 32.2. The van der Waals surface area contributed by atoms with Gasteiger partial charge in [-0.15, -0.1) is 0 Å². The number of sulfone groups is 1. The van der Waals surface area contributed by atoms with Gasteiger partial charge in [-0.25, -0.2) is 12.8 Å². The third-order valence-electron chi connectivity index (χ3n) is 8.43. The summed E-state index contributed by atoms with van der Waals surface area (Å²) in [7, 11) is -2.95. The summed E-state index contributed by atoms with van der Waals surface area (Å²) in [5, 5.41) is 9.16. The van der Waals surface area contributed by atoms with Crippen LogP contribution in [0.2, 0.25) is 0 Å². The van der Waals surface area contributed by atoms with Gasteiger partial charge in [0, 0.05) is 29.0 Å². The maximum absolute atomic E-state index is 15.3. The molecular formula is C32H33FO7S. The van der Waals surface area contributed by atoms with Gasteiger partial charge in [0.1, 0.15) is 29.2 Å². The fourth-order valence-corrected chi connectivity index (χ4v) is 8.39. The zero-order chi connectivity index (χ0) is 28.9. The first-order valence-electron chi connectivity index (χ1n) is 14.0. The molecule has 1 N–H and O–H groups in total. The summed E-state index contributed by atoms with van der Waals surface area (Å²) in [6.07, 6.45) is 1.49. The molecule has 1 saturated heterocycles. The highest BCUT2D eigenvalue weighted by Crippen LogP contribution is 2.45. The van der Waals surface area contributed by atoms with Crippen LogP contribution in [0.15, 0.2) is 42.5 Å². The molecule has 0 spiro atoms. The van der Waals surface area contributed by atoms with E-state index in [9.17, 15) is 13.2 Å². The normalized spacial score (nSPS) is 22.2. The zero-order valence-corrected chi connectivity index (χ0v) is 23.9. The molecule has 2 aliphatic heterocycles. The lowest BCUT2D eigenvalue weighted by Crippen LogP contribution is -2.13. The van der Waals surface area contributed by atoms with Crippen molar-refractivity contribution < 1.29 is 36.9 Å². The van der Waals surface area contributed by atoms with Crippen molar-refractivity contribution in [1.29, 1.82) is 0 Å². The zero-order valence-electron chi connectivity index (χ0n) is 23.1. The lowest BCUT2D eigenvalue weighted by Gasteiger charge is -2.19. The van der Waals surface area contributed by atoms with E-state index in [0.717, 1.165) is 33.4 Å². The molecule has 7 nitrogen and oxygen atoms in total. The molecule has 6 rings (SSSR count). The number of rotatable bonds is 8. The van der Waals surface area contributed by atoms with Crippen LogP contribution in [-0.4, -0.2) is 44.2 Å². The number of fused-ring (bicyclic) bond motifs is 2. The second-order valence-corrected chi connectivity index (χ2v) is 13.7. The first-order valence-corrected chi connectivity index (χ1v) is 15.8. The number of carboxylic acids is 1. The average Bonchev–Trinajstić information content (AvgIpc) is 3.60. The molecular weight excluding hydrogens is 547 g/mol. The van der Waals surface area contributed by atoms with Crippen LogP contribution >= 0.6 is 0 Å². The highest BCUT2D eigenvalue weighted by molar-refractivity contribution is 7.91. The topological polar surface area (TPSA) is 99.1 Å². The van der Waals surface area contributed by atoms with Gasteiger partial charge in [0.05, 0.1) is 31.1 Å². The van der Waals surface area contributed by atoms with E-state index in [1.54, 1.807) is 12.1 Å². The van der Waals surface area contributed by atoms with Crippen LogP contribution in [0.1, 0.15) is 59.1 Å². The molecule has 216 valence electrons. The van der Waals surface area contributed by atoms with Crippen LogP contribution in [0.5, 0.6) is 17.2 Å². The van der Waals surface area contributed by atoms with Gasteiger partial charge >= 0.3 is 5.97 Å². The molecule has 1 unspecified atom stereocenters. The lowest BCUT2D eigenvalue weighted by molar-refractivity contribution is -0.137. The van der Waals surface area contributed by atoms with Crippen molar-refractivity contribution in [2.75, 3.05) is 24.7 Å². The van der Waals surface area contributed by atoms with Crippen molar-refractivity contribution in [1.82, 2.24) is 0 Å². The van der Waals surface area contributed by atoms with Crippen molar-refractivity contribution in [3.05, 3.63) is 76.1 Å². The fourth-order valence-electron chi connectivity index (χ4n) is 6.55. The third kappa shape index (κ3) is 5.52. The number of aliphatic carboxylic acids is 1.